The zero-order chi connectivity index (χ0) is 17.8. The van der Waals surface area contributed by atoms with Crippen molar-refractivity contribution in [2.45, 2.75) is 0 Å². The second-order valence-electron chi connectivity index (χ2n) is 5.98. The topological polar surface area (TPSA) is 72.3 Å². The number of rotatable bonds is 4. The number of benzene rings is 1. The van der Waals surface area contributed by atoms with Crippen LogP contribution < -0.4 is 10.2 Å². The Bertz CT molecular complexity index is 854. The Hall–Kier alpha value is -3.19. The van der Waals surface area contributed by atoms with Crippen LogP contribution in [0.15, 0.2) is 61.3 Å². The Morgan fingerprint density at radius 2 is 1.88 bits per heavy atom. The molecule has 0 saturated carbocycles. The molecule has 4 rings (SSSR count). The smallest absolute Gasteiger partial charge is 0.255 e. The summed E-state index contributed by atoms with van der Waals surface area (Å²) in [4.78, 5) is 23.0. The predicted octanol–water partition coefficient (Wildman–Crippen LogP) is 2.36. The number of aromatic nitrogens is 3. The van der Waals surface area contributed by atoms with Gasteiger partial charge in [0.25, 0.3) is 5.91 Å². The van der Waals surface area contributed by atoms with Crippen molar-refractivity contribution in [2.24, 2.45) is 0 Å². The predicted molar refractivity (Wildman–Crippen MR) is 98.8 cm³/mol. The summed E-state index contributed by atoms with van der Waals surface area (Å²) < 4.78 is 7.23. The molecule has 1 aromatic carbocycles. The van der Waals surface area contributed by atoms with Crippen molar-refractivity contribution in [1.29, 1.82) is 0 Å². The van der Waals surface area contributed by atoms with E-state index in [0.717, 1.165) is 37.8 Å². The summed E-state index contributed by atoms with van der Waals surface area (Å²) in [5.74, 6) is 0.735. The minimum Gasteiger partial charge on any atom is -0.378 e. The van der Waals surface area contributed by atoms with E-state index in [-0.39, 0.29) is 5.91 Å². The maximum Gasteiger partial charge on any atom is 0.255 e. The molecule has 0 unspecified atom stereocenters. The average Bonchev–Trinajstić information content (AvgIpc) is 3.24. The number of amides is 1. The van der Waals surface area contributed by atoms with Gasteiger partial charge in [0.2, 0.25) is 0 Å². The maximum absolute atomic E-state index is 12.4. The van der Waals surface area contributed by atoms with Gasteiger partial charge in [0, 0.05) is 36.7 Å². The highest BCUT2D eigenvalue weighted by Gasteiger charge is 2.12. The number of hydrogen-bond donors (Lipinski definition) is 1. The molecule has 3 heterocycles. The molecule has 3 aromatic rings. The van der Waals surface area contributed by atoms with E-state index in [4.69, 9.17) is 4.74 Å². The number of nitrogens with zero attached hydrogens (tertiary/aromatic N) is 4. The third kappa shape index (κ3) is 3.57. The third-order valence-corrected chi connectivity index (χ3v) is 4.27. The number of pyridine rings is 1. The van der Waals surface area contributed by atoms with E-state index in [0.29, 0.717) is 11.3 Å². The quantitative estimate of drug-likeness (QED) is 0.783. The molecule has 132 valence electrons. The first kappa shape index (κ1) is 16.3. The number of ether oxygens (including phenoxy) is 1. The SMILES string of the molecule is O=C(Nc1ccc(N2CCOCC2)nc1)c1ccc(-n2ccnc2)cc1. The van der Waals surface area contributed by atoms with Crippen LogP contribution in [0.3, 0.4) is 0 Å². The molecular formula is C19H19N5O2. The Balaban J connectivity index is 1.41. The molecule has 7 heteroatoms. The van der Waals surface area contributed by atoms with Gasteiger partial charge in [-0.05, 0) is 36.4 Å². The van der Waals surface area contributed by atoms with Gasteiger partial charge in [-0.15, -0.1) is 0 Å². The van der Waals surface area contributed by atoms with Gasteiger partial charge in [-0.3, -0.25) is 4.79 Å². The first-order chi connectivity index (χ1) is 12.8. The van der Waals surface area contributed by atoms with Crippen LogP contribution in [0.25, 0.3) is 5.69 Å². The average molecular weight is 349 g/mol. The van der Waals surface area contributed by atoms with E-state index in [9.17, 15) is 4.79 Å². The van der Waals surface area contributed by atoms with Crippen molar-refractivity contribution in [1.82, 2.24) is 14.5 Å². The van der Waals surface area contributed by atoms with E-state index in [2.05, 4.69) is 20.2 Å². The molecule has 26 heavy (non-hydrogen) atoms. The second kappa shape index (κ2) is 7.37. The molecule has 0 aliphatic carbocycles. The number of carbonyl (C=O) groups excluding carboxylic acids is 1. The third-order valence-electron chi connectivity index (χ3n) is 4.27. The van der Waals surface area contributed by atoms with Gasteiger partial charge in [0.15, 0.2) is 0 Å². The van der Waals surface area contributed by atoms with Crippen LogP contribution in [-0.4, -0.2) is 46.7 Å². The largest absolute Gasteiger partial charge is 0.378 e. The lowest BCUT2D eigenvalue weighted by atomic mass is 10.2. The van der Waals surface area contributed by atoms with Gasteiger partial charge in [-0.25, -0.2) is 9.97 Å². The molecule has 7 nitrogen and oxygen atoms in total. The summed E-state index contributed by atoms with van der Waals surface area (Å²) in [6.45, 7) is 3.11. The zero-order valence-corrected chi connectivity index (χ0v) is 14.2. The summed E-state index contributed by atoms with van der Waals surface area (Å²) in [5.41, 5.74) is 2.22. The van der Waals surface area contributed by atoms with Crippen LogP contribution in [0, 0.1) is 0 Å². The van der Waals surface area contributed by atoms with E-state index in [1.165, 1.54) is 0 Å². The zero-order valence-electron chi connectivity index (χ0n) is 14.2. The van der Waals surface area contributed by atoms with Gasteiger partial charge in [-0.2, -0.15) is 0 Å². The van der Waals surface area contributed by atoms with Crippen LogP contribution in [0.2, 0.25) is 0 Å². The number of imidazole rings is 1. The molecule has 1 fully saturated rings. The molecular weight excluding hydrogens is 330 g/mol. The van der Waals surface area contributed by atoms with Crippen molar-refractivity contribution < 1.29 is 9.53 Å². The standard InChI is InChI=1S/C19H19N5O2/c25-19(15-1-4-17(5-2-15)24-8-7-20-14-24)22-16-3-6-18(21-13-16)23-9-11-26-12-10-23/h1-8,13-14H,9-12H2,(H,22,25). The van der Waals surface area contributed by atoms with E-state index in [1.54, 1.807) is 30.9 Å². The van der Waals surface area contributed by atoms with Crippen LogP contribution in [-0.2, 0) is 4.74 Å². The summed E-state index contributed by atoms with van der Waals surface area (Å²) in [5, 5.41) is 2.88. The van der Waals surface area contributed by atoms with Gasteiger partial charge in [-0.1, -0.05) is 0 Å². The van der Waals surface area contributed by atoms with Crippen molar-refractivity contribution in [3.63, 3.8) is 0 Å². The normalized spacial score (nSPS) is 14.2. The number of hydrogen-bond acceptors (Lipinski definition) is 5. The monoisotopic (exact) mass is 349 g/mol. The molecule has 0 bridgehead atoms. The highest BCUT2D eigenvalue weighted by Crippen LogP contribution is 2.17. The van der Waals surface area contributed by atoms with Crippen molar-refractivity contribution in [3.05, 3.63) is 66.9 Å². The molecule has 0 atom stereocenters. The molecule has 0 radical (unpaired) electrons. The molecule has 0 spiro atoms. The Morgan fingerprint density at radius 3 is 2.54 bits per heavy atom. The Morgan fingerprint density at radius 1 is 1.08 bits per heavy atom. The molecule has 1 aliphatic heterocycles. The van der Waals surface area contributed by atoms with Gasteiger partial charge < -0.3 is 19.5 Å². The van der Waals surface area contributed by atoms with Gasteiger partial charge in [0.1, 0.15) is 5.82 Å². The lowest BCUT2D eigenvalue weighted by Crippen LogP contribution is -2.36. The fraction of sp³-hybridized carbons (Fsp3) is 0.211. The van der Waals surface area contributed by atoms with Gasteiger partial charge >= 0.3 is 0 Å². The number of carbonyl (C=O) groups is 1. The lowest BCUT2D eigenvalue weighted by Gasteiger charge is -2.27. The second-order valence-corrected chi connectivity index (χ2v) is 5.98. The van der Waals surface area contributed by atoms with Crippen LogP contribution in [0.4, 0.5) is 11.5 Å². The molecule has 1 N–H and O–H groups in total. The van der Waals surface area contributed by atoms with Gasteiger partial charge in [0.05, 0.1) is 31.4 Å². The number of anilines is 2. The lowest BCUT2D eigenvalue weighted by molar-refractivity contribution is 0.102. The van der Waals surface area contributed by atoms with Crippen LogP contribution in [0.1, 0.15) is 10.4 Å². The molecule has 1 amide bonds. The summed E-state index contributed by atoms with van der Waals surface area (Å²) in [6.07, 6.45) is 6.98. The molecule has 1 saturated heterocycles. The Labute approximate surface area is 151 Å². The highest BCUT2D eigenvalue weighted by molar-refractivity contribution is 6.04. The van der Waals surface area contributed by atoms with E-state index < -0.39 is 0 Å². The van der Waals surface area contributed by atoms with Crippen molar-refractivity contribution in [2.75, 3.05) is 36.5 Å². The van der Waals surface area contributed by atoms with E-state index in [1.807, 2.05) is 35.0 Å². The van der Waals surface area contributed by atoms with E-state index >= 15 is 0 Å². The molecule has 1 aliphatic rings. The maximum atomic E-state index is 12.4. The first-order valence-electron chi connectivity index (χ1n) is 8.48. The Kier molecular flexibility index (Phi) is 4.61. The van der Waals surface area contributed by atoms with Crippen LogP contribution in [0.5, 0.6) is 0 Å². The first-order valence-corrected chi connectivity index (χ1v) is 8.48. The van der Waals surface area contributed by atoms with Crippen molar-refractivity contribution in [3.8, 4) is 5.69 Å². The minimum absolute atomic E-state index is 0.164. The number of morpholine rings is 1. The summed E-state index contributed by atoms with van der Waals surface area (Å²) in [6, 6.07) is 11.1. The fourth-order valence-corrected chi connectivity index (χ4v) is 2.84. The summed E-state index contributed by atoms with van der Waals surface area (Å²) >= 11 is 0. The minimum atomic E-state index is -0.164. The highest BCUT2D eigenvalue weighted by atomic mass is 16.5. The van der Waals surface area contributed by atoms with Crippen molar-refractivity contribution >= 4 is 17.4 Å². The fourth-order valence-electron chi connectivity index (χ4n) is 2.84. The van der Waals surface area contributed by atoms with Crippen LogP contribution >= 0.6 is 0 Å². The number of nitrogens with one attached hydrogen (secondary N) is 1. The summed E-state index contributed by atoms with van der Waals surface area (Å²) in [7, 11) is 0. The molecule has 2 aromatic heterocycles.